The lowest BCUT2D eigenvalue weighted by Gasteiger charge is -2.33. The first-order valence-corrected chi connectivity index (χ1v) is 7.30. The molecule has 114 valence electrons. The molecule has 0 aromatic heterocycles. The Labute approximate surface area is 125 Å². The second-order valence-corrected chi connectivity index (χ2v) is 5.48. The molecule has 2 amide bonds. The van der Waals surface area contributed by atoms with Crippen molar-refractivity contribution in [3.63, 3.8) is 0 Å². The smallest absolute Gasteiger partial charge is 0.242 e. The maximum Gasteiger partial charge on any atom is 0.242 e. The SMILES string of the molecule is CC(C)C(=O)NCC(=O)N1CCO[C@H](c2ccccc2)C1. The fourth-order valence-electron chi connectivity index (χ4n) is 2.22. The molecule has 1 aliphatic heterocycles. The molecule has 0 saturated carbocycles. The average molecular weight is 290 g/mol. The molecule has 2 rings (SSSR count). The highest BCUT2D eigenvalue weighted by atomic mass is 16.5. The number of rotatable bonds is 4. The summed E-state index contributed by atoms with van der Waals surface area (Å²) in [5, 5.41) is 2.66. The maximum atomic E-state index is 12.2. The summed E-state index contributed by atoms with van der Waals surface area (Å²) < 4.78 is 5.73. The van der Waals surface area contributed by atoms with Crippen LogP contribution >= 0.6 is 0 Å². The van der Waals surface area contributed by atoms with Gasteiger partial charge in [-0.25, -0.2) is 0 Å². The Morgan fingerprint density at radius 3 is 2.71 bits per heavy atom. The molecule has 21 heavy (non-hydrogen) atoms. The van der Waals surface area contributed by atoms with Gasteiger partial charge in [-0.15, -0.1) is 0 Å². The van der Waals surface area contributed by atoms with Crippen LogP contribution in [0.2, 0.25) is 0 Å². The Kier molecular flexibility index (Phi) is 5.33. The first kappa shape index (κ1) is 15.5. The van der Waals surface area contributed by atoms with Crippen molar-refractivity contribution in [2.75, 3.05) is 26.2 Å². The van der Waals surface area contributed by atoms with Crippen molar-refractivity contribution in [2.45, 2.75) is 20.0 Å². The fraction of sp³-hybridized carbons (Fsp3) is 0.500. The molecule has 1 aromatic carbocycles. The molecule has 1 saturated heterocycles. The van der Waals surface area contributed by atoms with Gasteiger partial charge in [0.15, 0.2) is 0 Å². The van der Waals surface area contributed by atoms with E-state index in [-0.39, 0.29) is 30.4 Å². The van der Waals surface area contributed by atoms with Crippen LogP contribution in [0.15, 0.2) is 30.3 Å². The van der Waals surface area contributed by atoms with Crippen LogP contribution in [0.1, 0.15) is 25.5 Å². The van der Waals surface area contributed by atoms with E-state index in [1.807, 2.05) is 30.3 Å². The third kappa shape index (κ3) is 4.29. The van der Waals surface area contributed by atoms with Crippen LogP contribution in [-0.2, 0) is 14.3 Å². The van der Waals surface area contributed by atoms with Crippen LogP contribution in [0.25, 0.3) is 0 Å². The molecule has 1 fully saturated rings. The van der Waals surface area contributed by atoms with Crippen molar-refractivity contribution in [1.82, 2.24) is 10.2 Å². The Morgan fingerprint density at radius 1 is 1.33 bits per heavy atom. The van der Waals surface area contributed by atoms with Gasteiger partial charge in [0.2, 0.25) is 11.8 Å². The van der Waals surface area contributed by atoms with Crippen LogP contribution in [0.4, 0.5) is 0 Å². The zero-order chi connectivity index (χ0) is 15.2. The highest BCUT2D eigenvalue weighted by molar-refractivity contribution is 5.85. The molecule has 1 N–H and O–H groups in total. The molecule has 1 atom stereocenters. The zero-order valence-electron chi connectivity index (χ0n) is 12.5. The first-order valence-electron chi connectivity index (χ1n) is 7.30. The van der Waals surface area contributed by atoms with Gasteiger partial charge in [-0.2, -0.15) is 0 Å². The molecule has 1 heterocycles. The van der Waals surface area contributed by atoms with Crippen molar-refractivity contribution in [1.29, 1.82) is 0 Å². The van der Waals surface area contributed by atoms with Crippen LogP contribution < -0.4 is 5.32 Å². The quantitative estimate of drug-likeness (QED) is 0.911. The predicted octanol–water partition coefficient (Wildman–Crippen LogP) is 1.36. The number of amides is 2. The van der Waals surface area contributed by atoms with Gasteiger partial charge in [0.1, 0.15) is 6.10 Å². The minimum absolute atomic E-state index is 0.0541. The Hall–Kier alpha value is -1.88. The fourth-order valence-corrected chi connectivity index (χ4v) is 2.22. The second kappa shape index (κ2) is 7.22. The molecule has 0 aliphatic carbocycles. The number of hydrogen-bond donors (Lipinski definition) is 1. The molecule has 0 radical (unpaired) electrons. The Bertz CT molecular complexity index is 488. The van der Waals surface area contributed by atoms with Crippen molar-refractivity contribution >= 4 is 11.8 Å². The summed E-state index contributed by atoms with van der Waals surface area (Å²) >= 11 is 0. The van der Waals surface area contributed by atoms with Crippen molar-refractivity contribution < 1.29 is 14.3 Å². The zero-order valence-corrected chi connectivity index (χ0v) is 12.5. The number of benzene rings is 1. The van der Waals surface area contributed by atoms with Crippen molar-refractivity contribution in [3.05, 3.63) is 35.9 Å². The number of nitrogens with zero attached hydrogens (tertiary/aromatic N) is 1. The number of ether oxygens (including phenoxy) is 1. The summed E-state index contributed by atoms with van der Waals surface area (Å²) in [5.41, 5.74) is 1.07. The van der Waals surface area contributed by atoms with E-state index in [1.54, 1.807) is 18.7 Å². The highest BCUT2D eigenvalue weighted by Gasteiger charge is 2.25. The van der Waals surface area contributed by atoms with Gasteiger partial charge >= 0.3 is 0 Å². The molecule has 1 aliphatic rings. The molecule has 5 heteroatoms. The third-order valence-corrected chi connectivity index (χ3v) is 3.53. The van der Waals surface area contributed by atoms with Crippen LogP contribution in [0.3, 0.4) is 0 Å². The van der Waals surface area contributed by atoms with Crippen LogP contribution in [0.5, 0.6) is 0 Å². The molecule has 0 bridgehead atoms. The lowest BCUT2D eigenvalue weighted by molar-refractivity contribution is -0.139. The van der Waals surface area contributed by atoms with Crippen molar-refractivity contribution in [3.8, 4) is 0 Å². The first-order chi connectivity index (χ1) is 10.1. The lowest BCUT2D eigenvalue weighted by Crippen LogP contribution is -2.47. The number of carbonyl (C=O) groups is 2. The molecule has 1 aromatic rings. The maximum absolute atomic E-state index is 12.2. The number of nitrogens with one attached hydrogen (secondary N) is 1. The van der Waals surface area contributed by atoms with Gasteiger partial charge in [0, 0.05) is 12.5 Å². The molecule has 5 nitrogen and oxygen atoms in total. The lowest BCUT2D eigenvalue weighted by atomic mass is 10.1. The van der Waals surface area contributed by atoms with Crippen molar-refractivity contribution in [2.24, 2.45) is 5.92 Å². The Balaban J connectivity index is 1.89. The predicted molar refractivity (Wildman–Crippen MR) is 79.6 cm³/mol. The van der Waals surface area contributed by atoms with Crippen LogP contribution in [0, 0.1) is 5.92 Å². The van der Waals surface area contributed by atoms with E-state index < -0.39 is 0 Å². The standard InChI is InChI=1S/C16H22N2O3/c1-12(2)16(20)17-10-15(19)18-8-9-21-14(11-18)13-6-4-3-5-7-13/h3-7,12,14H,8-11H2,1-2H3,(H,17,20)/t14-/m0/s1. The number of hydrogen-bond acceptors (Lipinski definition) is 3. The number of morpholine rings is 1. The molecular formula is C16H22N2O3. The van der Waals surface area contributed by atoms with Gasteiger partial charge < -0.3 is 15.0 Å². The summed E-state index contributed by atoms with van der Waals surface area (Å²) in [4.78, 5) is 25.4. The molecular weight excluding hydrogens is 268 g/mol. The topological polar surface area (TPSA) is 58.6 Å². The van der Waals surface area contributed by atoms with E-state index in [0.717, 1.165) is 5.56 Å². The summed E-state index contributed by atoms with van der Waals surface area (Å²) in [6.07, 6.45) is -0.0929. The van der Waals surface area contributed by atoms with E-state index in [9.17, 15) is 9.59 Å². The minimum atomic E-state index is -0.112. The van der Waals surface area contributed by atoms with Gasteiger partial charge in [-0.1, -0.05) is 44.2 Å². The summed E-state index contributed by atoms with van der Waals surface area (Å²) in [7, 11) is 0. The summed E-state index contributed by atoms with van der Waals surface area (Å²) in [6, 6.07) is 9.87. The monoisotopic (exact) mass is 290 g/mol. The third-order valence-electron chi connectivity index (χ3n) is 3.53. The van der Waals surface area contributed by atoms with Gasteiger partial charge in [0.25, 0.3) is 0 Å². The molecule has 0 unspecified atom stereocenters. The summed E-state index contributed by atoms with van der Waals surface area (Å²) in [6.45, 7) is 5.28. The van der Waals surface area contributed by atoms with E-state index in [4.69, 9.17) is 4.74 Å². The van der Waals surface area contributed by atoms with Crippen LogP contribution in [-0.4, -0.2) is 43.0 Å². The van der Waals surface area contributed by atoms with Gasteiger partial charge in [0.05, 0.1) is 19.7 Å². The normalized spacial score (nSPS) is 18.6. The number of carbonyl (C=O) groups excluding carboxylic acids is 2. The van der Waals surface area contributed by atoms with E-state index in [1.165, 1.54) is 0 Å². The highest BCUT2D eigenvalue weighted by Crippen LogP contribution is 2.21. The van der Waals surface area contributed by atoms with Gasteiger partial charge in [-0.3, -0.25) is 9.59 Å². The van der Waals surface area contributed by atoms with Gasteiger partial charge in [-0.05, 0) is 5.56 Å². The Morgan fingerprint density at radius 2 is 2.05 bits per heavy atom. The largest absolute Gasteiger partial charge is 0.370 e. The molecule has 0 spiro atoms. The second-order valence-electron chi connectivity index (χ2n) is 5.48. The van der Waals surface area contributed by atoms with E-state index in [0.29, 0.717) is 19.7 Å². The summed E-state index contributed by atoms with van der Waals surface area (Å²) in [5.74, 6) is -0.274. The van der Waals surface area contributed by atoms with E-state index in [2.05, 4.69) is 5.32 Å². The minimum Gasteiger partial charge on any atom is -0.370 e. The average Bonchev–Trinajstić information content (AvgIpc) is 2.53. The van der Waals surface area contributed by atoms with E-state index >= 15 is 0 Å².